The summed E-state index contributed by atoms with van der Waals surface area (Å²) in [5, 5.41) is 3.08. The van der Waals surface area contributed by atoms with E-state index in [1.54, 1.807) is 6.92 Å². The van der Waals surface area contributed by atoms with E-state index in [-0.39, 0.29) is 11.9 Å². The summed E-state index contributed by atoms with van der Waals surface area (Å²) in [7, 11) is 0. The van der Waals surface area contributed by atoms with Gasteiger partial charge in [0.1, 0.15) is 5.75 Å². The molecule has 1 N–H and O–H groups in total. The van der Waals surface area contributed by atoms with Gasteiger partial charge in [0.2, 0.25) is 0 Å². The molecular weight excluding hydrogens is 322 g/mol. The lowest BCUT2D eigenvalue weighted by Gasteiger charge is -2.22. The van der Waals surface area contributed by atoms with Crippen molar-refractivity contribution in [1.82, 2.24) is 5.32 Å². The van der Waals surface area contributed by atoms with Gasteiger partial charge in [-0.2, -0.15) is 0 Å². The lowest BCUT2D eigenvalue weighted by molar-refractivity contribution is -0.127. The van der Waals surface area contributed by atoms with E-state index in [1.165, 1.54) is 11.1 Å². The largest absolute Gasteiger partial charge is 0.481 e. The highest BCUT2D eigenvalue weighted by Crippen LogP contribution is 2.28. The molecular formula is C23H31NO2. The Bertz CT molecular complexity index is 780. The van der Waals surface area contributed by atoms with Gasteiger partial charge >= 0.3 is 0 Å². The van der Waals surface area contributed by atoms with Gasteiger partial charge in [-0.05, 0) is 68.9 Å². The van der Waals surface area contributed by atoms with Gasteiger partial charge in [-0.3, -0.25) is 4.79 Å². The molecule has 0 fully saturated rings. The van der Waals surface area contributed by atoms with E-state index in [4.69, 9.17) is 4.74 Å². The number of amides is 1. The van der Waals surface area contributed by atoms with Crippen LogP contribution in [0.1, 0.15) is 67.5 Å². The SMILES string of the molecule is Cc1ccc([C@H](C)NC(=O)[C@H](C)Oc2cc(C)ccc2C(C)C)c(C)c1. The standard InChI is InChI=1S/C23H31NO2/c1-14(2)20-10-8-16(4)13-22(20)26-19(7)23(25)24-18(6)21-11-9-15(3)12-17(21)5/h8-14,18-19H,1-7H3,(H,24,25)/t18-,19-/m0/s1. The first-order valence-corrected chi connectivity index (χ1v) is 9.33. The summed E-state index contributed by atoms with van der Waals surface area (Å²) >= 11 is 0. The maximum Gasteiger partial charge on any atom is 0.261 e. The van der Waals surface area contributed by atoms with E-state index in [1.807, 2.05) is 19.9 Å². The summed E-state index contributed by atoms with van der Waals surface area (Å²) < 4.78 is 6.02. The van der Waals surface area contributed by atoms with Crippen LogP contribution in [-0.2, 0) is 4.79 Å². The van der Waals surface area contributed by atoms with Crippen molar-refractivity contribution in [3.05, 3.63) is 64.2 Å². The maximum atomic E-state index is 12.6. The summed E-state index contributed by atoms with van der Waals surface area (Å²) in [5.74, 6) is 1.03. The lowest BCUT2D eigenvalue weighted by Crippen LogP contribution is -2.38. The highest BCUT2D eigenvalue weighted by atomic mass is 16.5. The highest BCUT2D eigenvalue weighted by molar-refractivity contribution is 5.81. The van der Waals surface area contributed by atoms with Crippen molar-refractivity contribution in [3.63, 3.8) is 0 Å². The Balaban J connectivity index is 2.09. The summed E-state index contributed by atoms with van der Waals surface area (Å²) in [6, 6.07) is 12.4. The van der Waals surface area contributed by atoms with Crippen LogP contribution in [0.5, 0.6) is 5.75 Å². The average molecular weight is 354 g/mol. The second-order valence-electron chi connectivity index (χ2n) is 7.55. The Labute approximate surface area is 157 Å². The van der Waals surface area contributed by atoms with E-state index in [9.17, 15) is 4.79 Å². The smallest absolute Gasteiger partial charge is 0.261 e. The van der Waals surface area contributed by atoms with E-state index in [2.05, 4.69) is 63.3 Å². The molecule has 0 aliphatic heterocycles. The summed E-state index contributed by atoms with van der Waals surface area (Å²) in [5.41, 5.74) is 5.79. The molecule has 0 aromatic heterocycles. The molecule has 26 heavy (non-hydrogen) atoms. The van der Waals surface area contributed by atoms with Crippen molar-refractivity contribution < 1.29 is 9.53 Å². The molecule has 3 nitrogen and oxygen atoms in total. The summed E-state index contributed by atoms with van der Waals surface area (Å²) in [4.78, 5) is 12.6. The zero-order valence-corrected chi connectivity index (χ0v) is 17.0. The van der Waals surface area contributed by atoms with E-state index in [0.29, 0.717) is 5.92 Å². The second kappa shape index (κ2) is 8.39. The van der Waals surface area contributed by atoms with Crippen molar-refractivity contribution in [3.8, 4) is 5.75 Å². The number of nitrogens with one attached hydrogen (secondary N) is 1. The number of benzene rings is 2. The third kappa shape index (κ3) is 4.87. The molecule has 2 atom stereocenters. The van der Waals surface area contributed by atoms with E-state index >= 15 is 0 Å². The van der Waals surface area contributed by atoms with Gasteiger partial charge < -0.3 is 10.1 Å². The van der Waals surface area contributed by atoms with Gasteiger partial charge in [-0.1, -0.05) is 49.7 Å². The molecule has 0 aliphatic rings. The van der Waals surface area contributed by atoms with Gasteiger partial charge in [-0.25, -0.2) is 0 Å². The molecule has 0 spiro atoms. The summed E-state index contributed by atoms with van der Waals surface area (Å²) in [6.45, 7) is 14.3. The Kier molecular flexibility index (Phi) is 6.47. The lowest BCUT2D eigenvalue weighted by atomic mass is 10.00. The zero-order chi connectivity index (χ0) is 19.4. The molecule has 0 heterocycles. The molecule has 0 saturated carbocycles. The van der Waals surface area contributed by atoms with E-state index < -0.39 is 6.10 Å². The fraction of sp³-hybridized carbons (Fsp3) is 0.435. The predicted molar refractivity (Wildman–Crippen MR) is 108 cm³/mol. The molecule has 0 saturated heterocycles. The summed E-state index contributed by atoms with van der Waals surface area (Å²) in [6.07, 6.45) is -0.553. The van der Waals surface area contributed by atoms with Gasteiger partial charge in [0.25, 0.3) is 5.91 Å². The normalized spacial score (nSPS) is 13.4. The van der Waals surface area contributed by atoms with E-state index in [0.717, 1.165) is 22.4 Å². The van der Waals surface area contributed by atoms with Crippen LogP contribution in [-0.4, -0.2) is 12.0 Å². The Morgan fingerprint density at radius 1 is 0.885 bits per heavy atom. The molecule has 2 aromatic rings. The van der Waals surface area contributed by atoms with Crippen LogP contribution in [0.15, 0.2) is 36.4 Å². The highest BCUT2D eigenvalue weighted by Gasteiger charge is 2.20. The van der Waals surface area contributed by atoms with Crippen molar-refractivity contribution in [1.29, 1.82) is 0 Å². The van der Waals surface area contributed by atoms with Gasteiger partial charge in [0, 0.05) is 0 Å². The van der Waals surface area contributed by atoms with Crippen LogP contribution in [0.25, 0.3) is 0 Å². The molecule has 2 aromatic carbocycles. The van der Waals surface area contributed by atoms with Crippen LogP contribution >= 0.6 is 0 Å². The number of ether oxygens (including phenoxy) is 1. The van der Waals surface area contributed by atoms with Crippen LogP contribution in [0.4, 0.5) is 0 Å². The predicted octanol–water partition coefficient (Wildman–Crippen LogP) is 5.38. The minimum atomic E-state index is -0.553. The molecule has 0 bridgehead atoms. The maximum absolute atomic E-state index is 12.6. The molecule has 1 amide bonds. The number of carbonyl (C=O) groups excluding carboxylic acids is 1. The molecule has 0 aliphatic carbocycles. The first-order chi connectivity index (χ1) is 12.2. The first-order valence-electron chi connectivity index (χ1n) is 9.33. The molecule has 0 radical (unpaired) electrons. The van der Waals surface area contributed by atoms with Crippen LogP contribution < -0.4 is 10.1 Å². The zero-order valence-electron chi connectivity index (χ0n) is 17.0. The van der Waals surface area contributed by atoms with Crippen LogP contribution in [0.3, 0.4) is 0 Å². The Morgan fingerprint density at radius 2 is 1.46 bits per heavy atom. The third-order valence-electron chi connectivity index (χ3n) is 4.71. The van der Waals surface area contributed by atoms with Gasteiger partial charge in [-0.15, -0.1) is 0 Å². The Hall–Kier alpha value is -2.29. The topological polar surface area (TPSA) is 38.3 Å². The van der Waals surface area contributed by atoms with Gasteiger partial charge in [0.05, 0.1) is 6.04 Å². The number of carbonyl (C=O) groups is 1. The van der Waals surface area contributed by atoms with Crippen LogP contribution in [0.2, 0.25) is 0 Å². The monoisotopic (exact) mass is 353 g/mol. The molecule has 2 rings (SSSR count). The van der Waals surface area contributed by atoms with Crippen LogP contribution in [0, 0.1) is 20.8 Å². The van der Waals surface area contributed by atoms with Crippen molar-refractivity contribution >= 4 is 5.91 Å². The minimum absolute atomic E-state index is 0.0590. The first kappa shape index (κ1) is 20.0. The molecule has 0 unspecified atom stereocenters. The fourth-order valence-electron chi connectivity index (χ4n) is 3.18. The van der Waals surface area contributed by atoms with Crippen molar-refractivity contribution in [2.24, 2.45) is 0 Å². The number of hydrogen-bond donors (Lipinski definition) is 1. The number of aryl methyl sites for hydroxylation is 3. The van der Waals surface area contributed by atoms with Gasteiger partial charge in [0.15, 0.2) is 6.10 Å². The number of rotatable bonds is 6. The molecule has 140 valence electrons. The van der Waals surface area contributed by atoms with Crippen molar-refractivity contribution in [2.75, 3.05) is 0 Å². The minimum Gasteiger partial charge on any atom is -0.481 e. The number of hydrogen-bond acceptors (Lipinski definition) is 2. The Morgan fingerprint density at radius 3 is 2.04 bits per heavy atom. The fourth-order valence-corrected chi connectivity index (χ4v) is 3.18. The quantitative estimate of drug-likeness (QED) is 0.757. The third-order valence-corrected chi connectivity index (χ3v) is 4.71. The molecule has 3 heteroatoms. The average Bonchev–Trinajstić information content (AvgIpc) is 2.54. The second-order valence-corrected chi connectivity index (χ2v) is 7.55. The van der Waals surface area contributed by atoms with Crippen molar-refractivity contribution in [2.45, 2.75) is 66.5 Å².